The third kappa shape index (κ3) is 5.42. The molecule has 0 aliphatic heterocycles. The van der Waals surface area contributed by atoms with Crippen molar-refractivity contribution in [1.29, 1.82) is 0 Å². The lowest BCUT2D eigenvalue weighted by atomic mass is 10.0. The number of rotatable bonds is 6. The van der Waals surface area contributed by atoms with Crippen LogP contribution in [-0.2, 0) is 11.2 Å². The van der Waals surface area contributed by atoms with Crippen LogP contribution in [0.1, 0.15) is 30.9 Å². The Morgan fingerprint density at radius 3 is 2.79 bits per heavy atom. The molecule has 4 N–H and O–H groups in total. The van der Waals surface area contributed by atoms with Crippen LogP contribution in [0.5, 0.6) is 0 Å². The van der Waals surface area contributed by atoms with Gasteiger partial charge in [0.25, 0.3) is 0 Å². The van der Waals surface area contributed by atoms with E-state index in [1.54, 1.807) is 0 Å². The SMILES string of the molecule is Cc1ccccc1CCC(=O)NC(C)CC(N)=NO. The van der Waals surface area contributed by atoms with Gasteiger partial charge in [-0.05, 0) is 31.4 Å². The molecule has 1 unspecified atom stereocenters. The van der Waals surface area contributed by atoms with Gasteiger partial charge in [0.1, 0.15) is 5.84 Å². The fourth-order valence-corrected chi connectivity index (χ4v) is 1.89. The molecular formula is C14H21N3O2. The Kier molecular flexibility index (Phi) is 5.85. The molecule has 5 nitrogen and oxygen atoms in total. The minimum absolute atomic E-state index is 0.0264. The predicted molar refractivity (Wildman–Crippen MR) is 75.1 cm³/mol. The largest absolute Gasteiger partial charge is 0.409 e. The van der Waals surface area contributed by atoms with E-state index in [0.717, 1.165) is 6.42 Å². The number of hydrogen-bond acceptors (Lipinski definition) is 3. The second kappa shape index (κ2) is 7.41. The van der Waals surface area contributed by atoms with Crippen molar-refractivity contribution in [3.05, 3.63) is 35.4 Å². The van der Waals surface area contributed by atoms with Gasteiger partial charge in [0.05, 0.1) is 0 Å². The van der Waals surface area contributed by atoms with Crippen molar-refractivity contribution < 1.29 is 10.0 Å². The summed E-state index contributed by atoms with van der Waals surface area (Å²) in [5.41, 5.74) is 7.76. The molecule has 0 heterocycles. The van der Waals surface area contributed by atoms with Crippen LogP contribution in [0.3, 0.4) is 0 Å². The van der Waals surface area contributed by atoms with E-state index in [1.165, 1.54) is 11.1 Å². The zero-order chi connectivity index (χ0) is 14.3. The molecule has 0 spiro atoms. The van der Waals surface area contributed by atoms with Gasteiger partial charge in [0.15, 0.2) is 0 Å². The first kappa shape index (κ1) is 15.0. The van der Waals surface area contributed by atoms with Crippen molar-refractivity contribution in [3.63, 3.8) is 0 Å². The fraction of sp³-hybridized carbons (Fsp3) is 0.429. The monoisotopic (exact) mass is 263 g/mol. The molecule has 1 atom stereocenters. The van der Waals surface area contributed by atoms with E-state index in [9.17, 15) is 4.79 Å². The Hall–Kier alpha value is -2.04. The van der Waals surface area contributed by atoms with E-state index in [0.29, 0.717) is 12.8 Å². The summed E-state index contributed by atoms with van der Waals surface area (Å²) in [5, 5.41) is 14.2. The summed E-state index contributed by atoms with van der Waals surface area (Å²) in [6.07, 6.45) is 1.49. The van der Waals surface area contributed by atoms with Gasteiger partial charge in [-0.1, -0.05) is 29.4 Å². The number of nitrogens with two attached hydrogens (primary N) is 1. The molecule has 104 valence electrons. The number of nitrogens with zero attached hydrogens (tertiary/aromatic N) is 1. The average Bonchev–Trinajstić information content (AvgIpc) is 2.37. The molecule has 1 aromatic carbocycles. The topological polar surface area (TPSA) is 87.7 Å². The quantitative estimate of drug-likeness (QED) is 0.315. The smallest absolute Gasteiger partial charge is 0.220 e. The van der Waals surface area contributed by atoms with E-state index in [2.05, 4.69) is 10.5 Å². The summed E-state index contributed by atoms with van der Waals surface area (Å²) < 4.78 is 0. The molecule has 0 saturated carbocycles. The van der Waals surface area contributed by atoms with Crippen molar-refractivity contribution >= 4 is 11.7 Å². The molecule has 0 bridgehead atoms. The molecule has 5 heteroatoms. The standard InChI is InChI=1S/C14H21N3O2/c1-10-5-3-4-6-12(10)7-8-14(18)16-11(2)9-13(15)17-19/h3-6,11,19H,7-9H2,1-2H3,(H2,15,17)(H,16,18). The van der Waals surface area contributed by atoms with Crippen molar-refractivity contribution in [2.45, 2.75) is 39.2 Å². The highest BCUT2D eigenvalue weighted by molar-refractivity contribution is 5.82. The van der Waals surface area contributed by atoms with Crippen LogP contribution in [0.25, 0.3) is 0 Å². The molecule has 0 fully saturated rings. The average molecular weight is 263 g/mol. The number of hydrogen-bond donors (Lipinski definition) is 3. The van der Waals surface area contributed by atoms with Crippen LogP contribution in [0.2, 0.25) is 0 Å². The number of oxime groups is 1. The van der Waals surface area contributed by atoms with Crippen LogP contribution in [0, 0.1) is 6.92 Å². The lowest BCUT2D eigenvalue weighted by Crippen LogP contribution is -2.35. The molecule has 0 radical (unpaired) electrons. The van der Waals surface area contributed by atoms with Gasteiger partial charge >= 0.3 is 0 Å². The number of carbonyl (C=O) groups is 1. The highest BCUT2D eigenvalue weighted by Gasteiger charge is 2.09. The zero-order valence-corrected chi connectivity index (χ0v) is 11.4. The zero-order valence-electron chi connectivity index (χ0n) is 11.4. The van der Waals surface area contributed by atoms with Crippen molar-refractivity contribution in [2.24, 2.45) is 10.9 Å². The maximum atomic E-state index is 11.8. The predicted octanol–water partition coefficient (Wildman–Crippen LogP) is 1.57. The maximum Gasteiger partial charge on any atom is 0.220 e. The summed E-state index contributed by atoms with van der Waals surface area (Å²) in [4.78, 5) is 11.8. The van der Waals surface area contributed by atoms with Gasteiger partial charge in [-0.15, -0.1) is 0 Å². The van der Waals surface area contributed by atoms with Crippen molar-refractivity contribution in [3.8, 4) is 0 Å². The molecule has 0 saturated heterocycles. The molecule has 1 rings (SSSR count). The summed E-state index contributed by atoms with van der Waals surface area (Å²) in [7, 11) is 0. The van der Waals surface area contributed by atoms with Gasteiger partial charge in [-0.2, -0.15) is 0 Å². The first-order chi connectivity index (χ1) is 9.02. The van der Waals surface area contributed by atoms with Gasteiger partial charge in [-0.3, -0.25) is 4.79 Å². The Morgan fingerprint density at radius 1 is 1.47 bits per heavy atom. The van der Waals surface area contributed by atoms with E-state index in [4.69, 9.17) is 10.9 Å². The Labute approximate surface area is 113 Å². The number of amides is 1. The third-order valence-corrected chi connectivity index (χ3v) is 2.93. The summed E-state index contributed by atoms with van der Waals surface area (Å²) in [5.74, 6) is 0.0909. The normalized spacial score (nSPS) is 13.1. The minimum Gasteiger partial charge on any atom is -0.409 e. The summed E-state index contributed by atoms with van der Waals surface area (Å²) in [6, 6.07) is 7.89. The first-order valence-corrected chi connectivity index (χ1v) is 6.33. The van der Waals surface area contributed by atoms with Crippen LogP contribution in [-0.4, -0.2) is 23.0 Å². The van der Waals surface area contributed by atoms with Crippen LogP contribution in [0.4, 0.5) is 0 Å². The van der Waals surface area contributed by atoms with Crippen molar-refractivity contribution in [2.75, 3.05) is 0 Å². The molecule has 1 aromatic rings. The first-order valence-electron chi connectivity index (χ1n) is 6.33. The van der Waals surface area contributed by atoms with E-state index in [-0.39, 0.29) is 17.8 Å². The Morgan fingerprint density at radius 2 is 2.16 bits per heavy atom. The molecule has 19 heavy (non-hydrogen) atoms. The molecule has 1 amide bonds. The third-order valence-electron chi connectivity index (χ3n) is 2.93. The lowest BCUT2D eigenvalue weighted by Gasteiger charge is -2.13. The van der Waals surface area contributed by atoms with Gasteiger partial charge in [-0.25, -0.2) is 0 Å². The van der Waals surface area contributed by atoms with E-state index in [1.807, 2.05) is 38.1 Å². The number of amidine groups is 1. The summed E-state index contributed by atoms with van der Waals surface area (Å²) in [6.45, 7) is 3.86. The van der Waals surface area contributed by atoms with Gasteiger partial charge in [0.2, 0.25) is 5.91 Å². The molecule has 0 aromatic heterocycles. The van der Waals surface area contributed by atoms with E-state index >= 15 is 0 Å². The molecular weight excluding hydrogens is 242 g/mol. The number of nitrogens with one attached hydrogen (secondary N) is 1. The van der Waals surface area contributed by atoms with Crippen LogP contribution in [0.15, 0.2) is 29.4 Å². The Bertz CT molecular complexity index is 458. The van der Waals surface area contributed by atoms with Crippen molar-refractivity contribution in [1.82, 2.24) is 5.32 Å². The lowest BCUT2D eigenvalue weighted by molar-refractivity contribution is -0.121. The fourth-order valence-electron chi connectivity index (χ4n) is 1.89. The van der Waals surface area contributed by atoms with E-state index < -0.39 is 0 Å². The van der Waals surface area contributed by atoms with Crippen LogP contribution >= 0.6 is 0 Å². The highest BCUT2D eigenvalue weighted by Crippen LogP contribution is 2.09. The second-order valence-corrected chi connectivity index (χ2v) is 4.69. The van der Waals surface area contributed by atoms with Gasteiger partial charge < -0.3 is 16.3 Å². The second-order valence-electron chi connectivity index (χ2n) is 4.69. The number of carbonyl (C=O) groups excluding carboxylic acids is 1. The Balaban J connectivity index is 2.38. The van der Waals surface area contributed by atoms with Crippen LogP contribution < -0.4 is 11.1 Å². The highest BCUT2D eigenvalue weighted by atomic mass is 16.4. The summed E-state index contributed by atoms with van der Waals surface area (Å²) >= 11 is 0. The minimum atomic E-state index is -0.139. The maximum absolute atomic E-state index is 11.8. The molecule has 0 aliphatic carbocycles. The number of benzene rings is 1. The molecule has 0 aliphatic rings. The number of aryl methyl sites for hydroxylation is 2. The van der Waals surface area contributed by atoms with Gasteiger partial charge in [0, 0.05) is 18.9 Å².